The van der Waals surface area contributed by atoms with E-state index in [1.165, 1.54) is 5.56 Å². The van der Waals surface area contributed by atoms with Crippen LogP contribution >= 0.6 is 0 Å². The Morgan fingerprint density at radius 1 is 1.40 bits per heavy atom. The van der Waals surface area contributed by atoms with Gasteiger partial charge in [0.25, 0.3) is 0 Å². The van der Waals surface area contributed by atoms with E-state index >= 15 is 0 Å². The lowest BCUT2D eigenvalue weighted by Crippen LogP contribution is -2.04. The second kappa shape index (κ2) is 3.17. The van der Waals surface area contributed by atoms with Gasteiger partial charge >= 0.3 is 0 Å². The lowest BCUT2D eigenvalue weighted by molar-refractivity contribution is 0.275. The largest absolute Gasteiger partial charge is 0.390 e. The van der Waals surface area contributed by atoms with Crippen LogP contribution in [0.1, 0.15) is 16.8 Å². The monoisotopic (exact) mass is 201 g/mol. The van der Waals surface area contributed by atoms with E-state index in [-0.39, 0.29) is 6.61 Å². The Balaban J connectivity index is 2.22. The lowest BCUT2D eigenvalue weighted by Gasteiger charge is -2.14. The number of aromatic amines is 1. The molecule has 3 rings (SSSR count). The number of pyridine rings is 1. The molecule has 0 radical (unpaired) electrons. The number of nitrogens with zero attached hydrogens (tertiary/aromatic N) is 2. The van der Waals surface area contributed by atoms with Crippen molar-refractivity contribution < 1.29 is 5.11 Å². The van der Waals surface area contributed by atoms with E-state index in [0.717, 1.165) is 35.4 Å². The maximum absolute atomic E-state index is 9.15. The SMILES string of the molecule is OCc1[nH]nc2c1CCc1cnccc1-2. The van der Waals surface area contributed by atoms with Crippen molar-refractivity contribution in [3.05, 3.63) is 35.3 Å². The molecule has 4 nitrogen and oxygen atoms in total. The standard InChI is InChI=1S/C11H11N3O/c15-6-10-9-2-1-7-5-12-4-3-8(7)11(9)14-13-10/h3-5,15H,1-2,6H2,(H,13,14). The molecule has 2 aromatic heterocycles. The number of aromatic nitrogens is 3. The average molecular weight is 201 g/mol. The first-order valence-corrected chi connectivity index (χ1v) is 5.00. The smallest absolute Gasteiger partial charge is 0.0960 e. The average Bonchev–Trinajstić information content (AvgIpc) is 2.72. The molecule has 15 heavy (non-hydrogen) atoms. The van der Waals surface area contributed by atoms with Crippen LogP contribution in [0.2, 0.25) is 0 Å². The Hall–Kier alpha value is -1.68. The fourth-order valence-electron chi connectivity index (χ4n) is 2.14. The topological polar surface area (TPSA) is 61.8 Å². The van der Waals surface area contributed by atoms with Gasteiger partial charge in [-0.1, -0.05) is 0 Å². The van der Waals surface area contributed by atoms with Gasteiger partial charge in [-0.25, -0.2) is 0 Å². The number of aryl methyl sites for hydroxylation is 1. The van der Waals surface area contributed by atoms with Crippen LogP contribution < -0.4 is 0 Å². The normalized spacial score (nSPS) is 13.4. The molecule has 2 N–H and O–H groups in total. The van der Waals surface area contributed by atoms with Crippen molar-refractivity contribution in [1.82, 2.24) is 15.2 Å². The third kappa shape index (κ3) is 1.18. The van der Waals surface area contributed by atoms with Gasteiger partial charge in [-0.3, -0.25) is 10.1 Å². The molecule has 0 fully saturated rings. The number of fused-ring (bicyclic) bond motifs is 3. The summed E-state index contributed by atoms with van der Waals surface area (Å²) in [6, 6.07) is 1.98. The van der Waals surface area contributed by atoms with Gasteiger partial charge in [0.15, 0.2) is 0 Å². The summed E-state index contributed by atoms with van der Waals surface area (Å²) in [5, 5.41) is 16.3. The first-order valence-electron chi connectivity index (χ1n) is 5.00. The van der Waals surface area contributed by atoms with Gasteiger partial charge in [-0.2, -0.15) is 5.10 Å². The Morgan fingerprint density at radius 2 is 2.33 bits per heavy atom. The van der Waals surface area contributed by atoms with Crippen LogP contribution in [0.25, 0.3) is 11.3 Å². The molecule has 0 unspecified atom stereocenters. The number of rotatable bonds is 1. The van der Waals surface area contributed by atoms with Crippen molar-refractivity contribution in [3.63, 3.8) is 0 Å². The molecule has 0 saturated heterocycles. The third-order valence-corrected chi connectivity index (χ3v) is 2.91. The van der Waals surface area contributed by atoms with Crippen molar-refractivity contribution in [2.45, 2.75) is 19.4 Å². The van der Waals surface area contributed by atoms with Gasteiger partial charge in [0, 0.05) is 23.5 Å². The minimum Gasteiger partial charge on any atom is -0.390 e. The van der Waals surface area contributed by atoms with Crippen LogP contribution in [0, 0.1) is 0 Å². The van der Waals surface area contributed by atoms with E-state index < -0.39 is 0 Å². The summed E-state index contributed by atoms with van der Waals surface area (Å²) in [5.74, 6) is 0. The highest BCUT2D eigenvalue weighted by molar-refractivity contribution is 5.69. The van der Waals surface area contributed by atoms with Crippen molar-refractivity contribution in [1.29, 1.82) is 0 Å². The van der Waals surface area contributed by atoms with E-state index in [9.17, 15) is 0 Å². The van der Waals surface area contributed by atoms with Crippen molar-refractivity contribution in [2.75, 3.05) is 0 Å². The lowest BCUT2D eigenvalue weighted by atomic mass is 9.90. The summed E-state index contributed by atoms with van der Waals surface area (Å²) < 4.78 is 0. The molecule has 2 heterocycles. The number of nitrogens with one attached hydrogen (secondary N) is 1. The minimum atomic E-state index is 0.0305. The predicted octanol–water partition coefficient (Wildman–Crippen LogP) is 1.06. The molecule has 0 amide bonds. The van der Waals surface area contributed by atoms with Gasteiger partial charge in [-0.15, -0.1) is 0 Å². The van der Waals surface area contributed by atoms with Gasteiger partial charge in [0.2, 0.25) is 0 Å². The Morgan fingerprint density at radius 3 is 3.20 bits per heavy atom. The van der Waals surface area contributed by atoms with Crippen molar-refractivity contribution >= 4 is 0 Å². The molecule has 0 bridgehead atoms. The summed E-state index contributed by atoms with van der Waals surface area (Å²) in [6.07, 6.45) is 5.58. The van der Waals surface area contributed by atoms with Crippen LogP contribution in [0.4, 0.5) is 0 Å². The molecule has 0 saturated carbocycles. The molecular formula is C11H11N3O. The predicted molar refractivity (Wildman–Crippen MR) is 55.1 cm³/mol. The molecule has 1 aliphatic carbocycles. The minimum absolute atomic E-state index is 0.0305. The van der Waals surface area contributed by atoms with Gasteiger partial charge < -0.3 is 5.11 Å². The van der Waals surface area contributed by atoms with Crippen molar-refractivity contribution in [3.8, 4) is 11.3 Å². The summed E-state index contributed by atoms with van der Waals surface area (Å²) in [4.78, 5) is 4.11. The third-order valence-electron chi connectivity index (χ3n) is 2.91. The maximum atomic E-state index is 9.15. The molecule has 0 spiro atoms. The zero-order valence-corrected chi connectivity index (χ0v) is 8.20. The highest BCUT2D eigenvalue weighted by Gasteiger charge is 2.21. The summed E-state index contributed by atoms with van der Waals surface area (Å²) in [6.45, 7) is 0.0305. The Bertz CT molecular complexity index is 504. The molecule has 2 aromatic rings. The highest BCUT2D eigenvalue weighted by atomic mass is 16.3. The molecule has 0 aliphatic heterocycles. The van der Waals surface area contributed by atoms with E-state index in [0.29, 0.717) is 0 Å². The second-order valence-corrected chi connectivity index (χ2v) is 3.72. The van der Waals surface area contributed by atoms with E-state index in [1.54, 1.807) is 6.20 Å². The van der Waals surface area contributed by atoms with Gasteiger partial charge in [0.1, 0.15) is 0 Å². The van der Waals surface area contributed by atoms with Crippen LogP contribution in [-0.4, -0.2) is 20.3 Å². The molecule has 76 valence electrons. The van der Waals surface area contributed by atoms with E-state index in [2.05, 4.69) is 15.2 Å². The summed E-state index contributed by atoms with van der Waals surface area (Å²) >= 11 is 0. The quantitative estimate of drug-likeness (QED) is 0.725. The fourth-order valence-corrected chi connectivity index (χ4v) is 2.14. The van der Waals surface area contributed by atoms with E-state index in [1.807, 2.05) is 12.3 Å². The Kier molecular flexibility index (Phi) is 1.82. The van der Waals surface area contributed by atoms with Crippen LogP contribution in [0.15, 0.2) is 18.5 Å². The molecule has 0 aromatic carbocycles. The van der Waals surface area contributed by atoms with Crippen LogP contribution in [-0.2, 0) is 19.4 Å². The fraction of sp³-hybridized carbons (Fsp3) is 0.273. The van der Waals surface area contributed by atoms with Gasteiger partial charge in [-0.05, 0) is 24.5 Å². The molecule has 0 atom stereocenters. The van der Waals surface area contributed by atoms with E-state index in [4.69, 9.17) is 5.11 Å². The van der Waals surface area contributed by atoms with Crippen LogP contribution in [0.5, 0.6) is 0 Å². The number of aliphatic hydroxyl groups is 1. The number of H-pyrrole nitrogens is 1. The first-order chi connectivity index (χ1) is 7.40. The zero-order chi connectivity index (χ0) is 10.3. The Labute approximate surface area is 87.0 Å². The highest BCUT2D eigenvalue weighted by Crippen LogP contribution is 2.32. The summed E-state index contributed by atoms with van der Waals surface area (Å²) in [5.41, 5.74) is 5.34. The number of hydrogen-bond acceptors (Lipinski definition) is 3. The molecule has 1 aliphatic rings. The summed E-state index contributed by atoms with van der Waals surface area (Å²) in [7, 11) is 0. The molecule has 4 heteroatoms. The number of aliphatic hydroxyl groups excluding tert-OH is 1. The molecular weight excluding hydrogens is 190 g/mol. The zero-order valence-electron chi connectivity index (χ0n) is 8.20. The second-order valence-electron chi connectivity index (χ2n) is 3.72. The maximum Gasteiger partial charge on any atom is 0.0960 e. The van der Waals surface area contributed by atoms with Crippen LogP contribution in [0.3, 0.4) is 0 Å². The first kappa shape index (κ1) is 8.61. The number of hydrogen-bond donors (Lipinski definition) is 2. The van der Waals surface area contributed by atoms with Gasteiger partial charge in [0.05, 0.1) is 18.0 Å². The van der Waals surface area contributed by atoms with Crippen molar-refractivity contribution in [2.24, 2.45) is 0 Å².